The number of carbonyl (C=O) groups is 4. The van der Waals surface area contributed by atoms with Crippen LogP contribution in [0.25, 0.3) is 0 Å². The van der Waals surface area contributed by atoms with Gasteiger partial charge in [0, 0.05) is 32.8 Å². The number of alkyl carbamates (subject to hydrolysis) is 2. The van der Waals surface area contributed by atoms with E-state index in [9.17, 15) is 19.2 Å². The Kier molecular flexibility index (Phi) is 14.1. The van der Waals surface area contributed by atoms with Gasteiger partial charge in [0.25, 0.3) is 0 Å². The highest BCUT2D eigenvalue weighted by Gasteiger charge is 2.26. The molecule has 0 fully saturated rings. The Balaban J connectivity index is 4.54. The normalized spacial score (nSPS) is 11.5. The van der Waals surface area contributed by atoms with Crippen molar-refractivity contribution in [3.05, 3.63) is 0 Å². The predicted molar refractivity (Wildman–Crippen MR) is 124 cm³/mol. The van der Waals surface area contributed by atoms with E-state index in [4.69, 9.17) is 14.6 Å². The molecule has 0 rings (SSSR count). The Morgan fingerprint density at radius 1 is 0.667 bits per heavy atom. The molecule has 11 heteroatoms. The van der Waals surface area contributed by atoms with Gasteiger partial charge in [-0.2, -0.15) is 0 Å². The number of aliphatic hydroxyl groups is 1. The molecule has 0 aromatic heterocycles. The lowest BCUT2D eigenvalue weighted by molar-refractivity contribution is -0.135. The number of nitrogens with one attached hydrogen (secondary N) is 4. The van der Waals surface area contributed by atoms with E-state index < -0.39 is 41.1 Å². The van der Waals surface area contributed by atoms with E-state index in [2.05, 4.69) is 21.3 Å². The van der Waals surface area contributed by atoms with Crippen LogP contribution < -0.4 is 21.3 Å². The van der Waals surface area contributed by atoms with Crippen molar-refractivity contribution in [3.63, 3.8) is 0 Å². The van der Waals surface area contributed by atoms with Gasteiger partial charge in [0.2, 0.25) is 11.8 Å². The average Bonchev–Trinajstić information content (AvgIpc) is 2.65. The molecular formula is C22H42N4O7. The number of ether oxygens (including phenoxy) is 2. The summed E-state index contributed by atoms with van der Waals surface area (Å²) >= 11 is 0. The molecule has 11 nitrogen and oxygen atoms in total. The third-order valence-corrected chi connectivity index (χ3v) is 3.97. The summed E-state index contributed by atoms with van der Waals surface area (Å²) in [6, 6.07) is 0. The van der Waals surface area contributed by atoms with Crippen molar-refractivity contribution < 1.29 is 33.8 Å². The SMILES string of the molecule is CC(C)(C)OC(=O)NCCNC(=O)C(CCCCCO)C(=O)NCCNC(=O)OC(C)(C)C. The highest BCUT2D eigenvalue weighted by Crippen LogP contribution is 2.11. The zero-order valence-electron chi connectivity index (χ0n) is 20.8. The maximum Gasteiger partial charge on any atom is 0.407 e. The fourth-order valence-electron chi connectivity index (χ4n) is 2.59. The molecule has 33 heavy (non-hydrogen) atoms. The lowest BCUT2D eigenvalue weighted by atomic mass is 9.99. The van der Waals surface area contributed by atoms with Gasteiger partial charge >= 0.3 is 12.2 Å². The second-order valence-corrected chi connectivity index (χ2v) is 9.56. The van der Waals surface area contributed by atoms with Crippen molar-refractivity contribution in [2.24, 2.45) is 5.92 Å². The molecule has 0 bridgehead atoms. The molecule has 0 unspecified atom stereocenters. The second kappa shape index (κ2) is 15.3. The molecule has 0 aromatic carbocycles. The van der Waals surface area contributed by atoms with Crippen molar-refractivity contribution in [2.45, 2.75) is 78.4 Å². The van der Waals surface area contributed by atoms with Gasteiger partial charge in [0.05, 0.1) is 0 Å². The van der Waals surface area contributed by atoms with E-state index in [1.165, 1.54) is 0 Å². The average molecular weight is 475 g/mol. The van der Waals surface area contributed by atoms with E-state index in [0.29, 0.717) is 25.7 Å². The number of hydrogen-bond acceptors (Lipinski definition) is 7. The smallest absolute Gasteiger partial charge is 0.407 e. The monoisotopic (exact) mass is 474 g/mol. The summed E-state index contributed by atoms with van der Waals surface area (Å²) in [5, 5.41) is 19.3. The van der Waals surface area contributed by atoms with Crippen LogP contribution in [0.3, 0.4) is 0 Å². The topological polar surface area (TPSA) is 155 Å². The van der Waals surface area contributed by atoms with Crippen LogP contribution in [-0.2, 0) is 19.1 Å². The highest BCUT2D eigenvalue weighted by atomic mass is 16.6. The van der Waals surface area contributed by atoms with E-state index in [-0.39, 0.29) is 32.8 Å². The first kappa shape index (κ1) is 30.4. The first-order valence-electron chi connectivity index (χ1n) is 11.3. The van der Waals surface area contributed by atoms with Crippen molar-refractivity contribution in [1.82, 2.24) is 21.3 Å². The summed E-state index contributed by atoms with van der Waals surface area (Å²) in [5.74, 6) is -1.84. The highest BCUT2D eigenvalue weighted by molar-refractivity contribution is 6.00. The van der Waals surface area contributed by atoms with Crippen LogP contribution in [0, 0.1) is 5.92 Å². The number of hydrogen-bond donors (Lipinski definition) is 5. The fraction of sp³-hybridized carbons (Fsp3) is 0.818. The zero-order chi connectivity index (χ0) is 25.5. The second-order valence-electron chi connectivity index (χ2n) is 9.56. The van der Waals surface area contributed by atoms with E-state index in [1.807, 2.05) is 0 Å². The summed E-state index contributed by atoms with van der Waals surface area (Å²) in [6.45, 7) is 11.1. The summed E-state index contributed by atoms with van der Waals surface area (Å²) in [4.78, 5) is 48.4. The molecule has 0 aromatic rings. The largest absolute Gasteiger partial charge is 0.444 e. The summed E-state index contributed by atoms with van der Waals surface area (Å²) < 4.78 is 10.2. The Bertz CT molecular complexity index is 579. The van der Waals surface area contributed by atoms with E-state index in [1.54, 1.807) is 41.5 Å². The molecule has 0 aliphatic heterocycles. The van der Waals surface area contributed by atoms with Gasteiger partial charge in [0.15, 0.2) is 0 Å². The quantitative estimate of drug-likeness (QED) is 0.200. The van der Waals surface area contributed by atoms with E-state index in [0.717, 1.165) is 0 Å². The van der Waals surface area contributed by atoms with Crippen LogP contribution in [0.5, 0.6) is 0 Å². The lowest BCUT2D eigenvalue weighted by Crippen LogP contribution is -2.45. The molecule has 4 amide bonds. The molecule has 0 aliphatic rings. The molecule has 192 valence electrons. The molecule has 0 atom stereocenters. The maximum atomic E-state index is 12.6. The molecule has 0 aliphatic carbocycles. The van der Waals surface area contributed by atoms with Crippen LogP contribution in [0.1, 0.15) is 67.2 Å². The first-order chi connectivity index (χ1) is 15.2. The number of aliphatic hydroxyl groups excluding tert-OH is 1. The molecule has 0 heterocycles. The summed E-state index contributed by atoms with van der Waals surface area (Å²) in [7, 11) is 0. The minimum absolute atomic E-state index is 0.0513. The number of amides is 4. The van der Waals surface area contributed by atoms with Crippen LogP contribution in [0.2, 0.25) is 0 Å². The van der Waals surface area contributed by atoms with Crippen molar-refractivity contribution in [1.29, 1.82) is 0 Å². The Labute approximate surface area is 196 Å². The number of rotatable bonds is 13. The van der Waals surface area contributed by atoms with Crippen LogP contribution >= 0.6 is 0 Å². The minimum atomic E-state index is -0.924. The molecule has 5 N–H and O–H groups in total. The number of unbranched alkanes of at least 4 members (excludes halogenated alkanes) is 2. The number of carbonyl (C=O) groups excluding carboxylic acids is 4. The van der Waals surface area contributed by atoms with Gasteiger partial charge in [-0.3, -0.25) is 9.59 Å². The summed E-state index contributed by atoms with van der Waals surface area (Å²) in [5.41, 5.74) is -1.24. The predicted octanol–water partition coefficient (Wildman–Crippen LogP) is 1.44. The minimum Gasteiger partial charge on any atom is -0.444 e. The van der Waals surface area contributed by atoms with Gasteiger partial charge in [-0.1, -0.05) is 12.8 Å². The van der Waals surface area contributed by atoms with Crippen LogP contribution in [0.15, 0.2) is 0 Å². The molecule has 0 saturated heterocycles. The maximum absolute atomic E-state index is 12.6. The van der Waals surface area contributed by atoms with Gasteiger partial charge in [-0.05, 0) is 54.4 Å². The lowest BCUT2D eigenvalue weighted by Gasteiger charge is -2.20. The van der Waals surface area contributed by atoms with Gasteiger partial charge < -0.3 is 35.8 Å². The van der Waals surface area contributed by atoms with E-state index >= 15 is 0 Å². The third kappa shape index (κ3) is 17.6. The van der Waals surface area contributed by atoms with Crippen LogP contribution in [0.4, 0.5) is 9.59 Å². The molecule has 0 radical (unpaired) electrons. The van der Waals surface area contributed by atoms with Gasteiger partial charge in [0.1, 0.15) is 17.1 Å². The zero-order valence-corrected chi connectivity index (χ0v) is 20.8. The van der Waals surface area contributed by atoms with Crippen molar-refractivity contribution in [2.75, 3.05) is 32.8 Å². The van der Waals surface area contributed by atoms with Crippen molar-refractivity contribution in [3.8, 4) is 0 Å². The Morgan fingerprint density at radius 3 is 1.42 bits per heavy atom. The Hall–Kier alpha value is -2.56. The molecule has 0 saturated carbocycles. The third-order valence-electron chi connectivity index (χ3n) is 3.97. The van der Waals surface area contributed by atoms with Crippen LogP contribution in [-0.4, -0.2) is 73.1 Å². The fourth-order valence-corrected chi connectivity index (χ4v) is 2.59. The standard InChI is InChI=1S/C22H42N4O7/c1-21(2,3)32-19(30)25-13-11-23-17(28)16(10-8-7-9-15-27)18(29)24-12-14-26-20(31)33-22(4,5)6/h16,27H,7-15H2,1-6H3,(H,23,28)(H,24,29)(H,25,30)(H,26,31). The van der Waals surface area contributed by atoms with Gasteiger partial charge in [-0.25, -0.2) is 9.59 Å². The Morgan fingerprint density at radius 2 is 1.06 bits per heavy atom. The molecule has 0 spiro atoms. The summed E-state index contributed by atoms with van der Waals surface area (Å²) in [6.07, 6.45) is 1.01. The molecular weight excluding hydrogens is 432 g/mol. The van der Waals surface area contributed by atoms with Crippen molar-refractivity contribution >= 4 is 24.0 Å². The first-order valence-corrected chi connectivity index (χ1v) is 11.3. The van der Waals surface area contributed by atoms with Gasteiger partial charge in [-0.15, -0.1) is 0 Å².